The van der Waals surface area contributed by atoms with Gasteiger partial charge in [-0.3, -0.25) is 0 Å². The van der Waals surface area contributed by atoms with Crippen molar-refractivity contribution in [2.45, 2.75) is 6.42 Å². The average Bonchev–Trinajstić information content (AvgIpc) is 3.12. The number of H-pyrrole nitrogens is 1. The molecule has 0 aliphatic rings. The van der Waals surface area contributed by atoms with Crippen molar-refractivity contribution in [2.75, 3.05) is 25.3 Å². The van der Waals surface area contributed by atoms with E-state index in [4.69, 9.17) is 26.8 Å². The molecule has 0 atom stereocenters. The van der Waals surface area contributed by atoms with Gasteiger partial charge >= 0.3 is 0 Å². The first-order valence-corrected chi connectivity index (χ1v) is 9.42. The molecule has 0 amide bonds. The van der Waals surface area contributed by atoms with Crippen LogP contribution in [0.2, 0.25) is 5.02 Å². The molecule has 4 rings (SSSR count). The summed E-state index contributed by atoms with van der Waals surface area (Å²) in [5.41, 5.74) is 8.41. The van der Waals surface area contributed by atoms with E-state index in [1.54, 1.807) is 20.3 Å². The minimum atomic E-state index is -0.496. The second-order valence-corrected chi connectivity index (χ2v) is 7.03. The summed E-state index contributed by atoms with van der Waals surface area (Å²) in [6, 6.07) is 11.8. The topological polar surface area (TPSA) is 98.1 Å². The SMILES string of the molecule is COc1ccc(OC)c(Cc2cc3c(Nc4ccc(Cl)cc4F)nc(N)nc3[nH]2)c1. The molecule has 4 aromatic rings. The molecule has 0 aliphatic carbocycles. The van der Waals surface area contributed by atoms with Gasteiger partial charge in [-0.2, -0.15) is 9.97 Å². The first-order chi connectivity index (χ1) is 14.5. The van der Waals surface area contributed by atoms with Crippen LogP contribution in [0.25, 0.3) is 11.0 Å². The number of aromatic amines is 1. The molecule has 0 saturated heterocycles. The van der Waals surface area contributed by atoms with Crippen LogP contribution < -0.4 is 20.5 Å². The third kappa shape index (κ3) is 3.95. The van der Waals surface area contributed by atoms with Crippen LogP contribution in [0.15, 0.2) is 42.5 Å². The number of nitrogens with zero attached hydrogens (tertiary/aromatic N) is 2. The Labute approximate surface area is 177 Å². The average molecular weight is 428 g/mol. The van der Waals surface area contributed by atoms with E-state index in [9.17, 15) is 4.39 Å². The first-order valence-electron chi connectivity index (χ1n) is 9.05. The maximum Gasteiger partial charge on any atom is 0.224 e. The molecular formula is C21H19ClFN5O2. The maximum atomic E-state index is 14.2. The van der Waals surface area contributed by atoms with Crippen molar-refractivity contribution in [3.05, 3.63) is 64.6 Å². The quantitative estimate of drug-likeness (QED) is 0.413. The van der Waals surface area contributed by atoms with E-state index in [0.29, 0.717) is 28.3 Å². The van der Waals surface area contributed by atoms with Crippen molar-refractivity contribution in [1.82, 2.24) is 15.0 Å². The Hall–Kier alpha value is -3.52. The number of aromatic nitrogens is 3. The van der Waals surface area contributed by atoms with Crippen LogP contribution in [0.4, 0.5) is 21.8 Å². The predicted molar refractivity (Wildman–Crippen MR) is 115 cm³/mol. The molecule has 30 heavy (non-hydrogen) atoms. The predicted octanol–water partition coefficient (Wildman–Crippen LogP) is 4.68. The summed E-state index contributed by atoms with van der Waals surface area (Å²) in [6.45, 7) is 0. The highest BCUT2D eigenvalue weighted by Crippen LogP contribution is 2.30. The Morgan fingerprint density at radius 2 is 1.93 bits per heavy atom. The normalized spacial score (nSPS) is 10.9. The standard InChI is InChI=1S/C21H19ClFN5O2/c1-29-14-4-6-18(30-2)11(8-14)7-13-10-15-19(25-13)27-21(24)28-20(15)26-17-5-3-12(22)9-16(17)23/h3-6,8-10H,7H2,1-2H3,(H4,24,25,26,27,28). The molecule has 154 valence electrons. The lowest BCUT2D eigenvalue weighted by atomic mass is 10.1. The van der Waals surface area contributed by atoms with Gasteiger partial charge in [0.05, 0.1) is 25.3 Å². The molecule has 0 spiro atoms. The van der Waals surface area contributed by atoms with E-state index in [1.807, 2.05) is 24.3 Å². The van der Waals surface area contributed by atoms with Crippen molar-refractivity contribution in [2.24, 2.45) is 0 Å². The van der Waals surface area contributed by atoms with Crippen molar-refractivity contribution >= 4 is 40.1 Å². The molecule has 2 aromatic heterocycles. The van der Waals surface area contributed by atoms with Gasteiger partial charge in [-0.15, -0.1) is 0 Å². The lowest BCUT2D eigenvalue weighted by Gasteiger charge is -2.09. The van der Waals surface area contributed by atoms with Crippen LogP contribution in [0.5, 0.6) is 11.5 Å². The van der Waals surface area contributed by atoms with Gasteiger partial charge in [-0.1, -0.05) is 11.6 Å². The van der Waals surface area contributed by atoms with E-state index in [1.165, 1.54) is 12.1 Å². The fourth-order valence-corrected chi connectivity index (χ4v) is 3.37. The highest BCUT2D eigenvalue weighted by Gasteiger charge is 2.14. The number of methoxy groups -OCH3 is 2. The summed E-state index contributed by atoms with van der Waals surface area (Å²) < 4.78 is 25.0. The minimum Gasteiger partial charge on any atom is -0.497 e. The fourth-order valence-electron chi connectivity index (χ4n) is 3.22. The monoisotopic (exact) mass is 427 g/mol. The molecule has 0 saturated carbocycles. The molecule has 4 N–H and O–H groups in total. The first kappa shape index (κ1) is 19.8. The van der Waals surface area contributed by atoms with Crippen molar-refractivity contribution < 1.29 is 13.9 Å². The van der Waals surface area contributed by atoms with E-state index in [-0.39, 0.29) is 11.6 Å². The van der Waals surface area contributed by atoms with Crippen LogP contribution in [0, 0.1) is 5.82 Å². The highest BCUT2D eigenvalue weighted by atomic mass is 35.5. The summed E-state index contributed by atoms with van der Waals surface area (Å²) in [5.74, 6) is 1.42. The number of fused-ring (bicyclic) bond motifs is 1. The molecule has 2 heterocycles. The van der Waals surface area contributed by atoms with Gasteiger partial charge in [-0.05, 0) is 42.5 Å². The fraction of sp³-hybridized carbons (Fsp3) is 0.143. The lowest BCUT2D eigenvalue weighted by molar-refractivity contribution is 0.399. The smallest absolute Gasteiger partial charge is 0.224 e. The lowest BCUT2D eigenvalue weighted by Crippen LogP contribution is -2.01. The zero-order valence-corrected chi connectivity index (χ0v) is 17.0. The number of rotatable bonds is 6. The number of anilines is 3. The zero-order valence-electron chi connectivity index (χ0n) is 16.3. The molecule has 0 bridgehead atoms. The molecule has 0 aliphatic heterocycles. The highest BCUT2D eigenvalue weighted by molar-refractivity contribution is 6.30. The van der Waals surface area contributed by atoms with Crippen LogP contribution in [-0.4, -0.2) is 29.2 Å². The van der Waals surface area contributed by atoms with Gasteiger partial charge in [-0.25, -0.2) is 4.39 Å². The van der Waals surface area contributed by atoms with Crippen LogP contribution >= 0.6 is 11.6 Å². The molecule has 7 nitrogen and oxygen atoms in total. The third-order valence-electron chi connectivity index (χ3n) is 4.61. The second-order valence-electron chi connectivity index (χ2n) is 6.59. The Morgan fingerprint density at radius 3 is 2.67 bits per heavy atom. The summed E-state index contributed by atoms with van der Waals surface area (Å²) in [6.07, 6.45) is 0.533. The second kappa shape index (κ2) is 8.08. The van der Waals surface area contributed by atoms with E-state index in [2.05, 4.69) is 20.3 Å². The Kier molecular flexibility index (Phi) is 5.33. The van der Waals surface area contributed by atoms with Gasteiger partial charge in [0.15, 0.2) is 0 Å². The summed E-state index contributed by atoms with van der Waals surface area (Å²) in [7, 11) is 3.23. The van der Waals surface area contributed by atoms with Gasteiger partial charge in [0.25, 0.3) is 0 Å². The van der Waals surface area contributed by atoms with E-state index in [0.717, 1.165) is 22.8 Å². The molecule has 0 radical (unpaired) electrons. The van der Waals surface area contributed by atoms with Crippen molar-refractivity contribution in [3.63, 3.8) is 0 Å². The number of nitrogens with one attached hydrogen (secondary N) is 2. The largest absolute Gasteiger partial charge is 0.497 e. The zero-order chi connectivity index (χ0) is 21.3. The molecule has 2 aromatic carbocycles. The molecule has 9 heteroatoms. The van der Waals surface area contributed by atoms with Crippen LogP contribution in [-0.2, 0) is 6.42 Å². The number of benzene rings is 2. The van der Waals surface area contributed by atoms with Crippen LogP contribution in [0.3, 0.4) is 0 Å². The minimum absolute atomic E-state index is 0.0618. The van der Waals surface area contributed by atoms with Crippen LogP contribution in [0.1, 0.15) is 11.3 Å². The molecule has 0 fully saturated rings. The number of ether oxygens (including phenoxy) is 2. The maximum absolute atomic E-state index is 14.2. The number of halogens is 2. The molecule has 0 unspecified atom stereocenters. The number of nitrogen functional groups attached to an aromatic ring is 1. The van der Waals surface area contributed by atoms with E-state index < -0.39 is 5.82 Å². The number of hydrogen-bond donors (Lipinski definition) is 3. The van der Waals surface area contributed by atoms with Gasteiger partial charge < -0.3 is 25.5 Å². The molecular weight excluding hydrogens is 409 g/mol. The van der Waals surface area contributed by atoms with E-state index >= 15 is 0 Å². The van der Waals surface area contributed by atoms with Crippen molar-refractivity contribution in [3.8, 4) is 11.5 Å². The summed E-state index contributed by atoms with van der Waals surface area (Å²) in [5, 5.41) is 3.96. The Bertz CT molecular complexity index is 1230. The Morgan fingerprint density at radius 1 is 1.10 bits per heavy atom. The number of hydrogen-bond acceptors (Lipinski definition) is 6. The van der Waals surface area contributed by atoms with Crippen molar-refractivity contribution in [1.29, 1.82) is 0 Å². The Balaban J connectivity index is 1.72. The van der Waals surface area contributed by atoms with Gasteiger partial charge in [0.1, 0.15) is 28.8 Å². The summed E-state index contributed by atoms with van der Waals surface area (Å²) >= 11 is 5.83. The number of nitrogens with two attached hydrogens (primary N) is 1. The van der Waals surface area contributed by atoms with Gasteiger partial charge in [0, 0.05) is 22.7 Å². The van der Waals surface area contributed by atoms with Gasteiger partial charge in [0.2, 0.25) is 5.95 Å². The summed E-state index contributed by atoms with van der Waals surface area (Å²) in [4.78, 5) is 11.7. The third-order valence-corrected chi connectivity index (χ3v) is 4.85.